The van der Waals surface area contributed by atoms with Crippen LogP contribution in [0.3, 0.4) is 0 Å². The molecule has 0 aromatic carbocycles. The summed E-state index contributed by atoms with van der Waals surface area (Å²) in [4.78, 5) is 15.9. The summed E-state index contributed by atoms with van der Waals surface area (Å²) in [6.45, 7) is 6.12. The summed E-state index contributed by atoms with van der Waals surface area (Å²) >= 11 is 3.82. The van der Waals surface area contributed by atoms with Crippen LogP contribution in [0.15, 0.2) is 29.8 Å². The lowest BCUT2D eigenvalue weighted by atomic mass is 9.82. The number of fused-ring (bicyclic) bond motifs is 1. The van der Waals surface area contributed by atoms with Crippen LogP contribution in [-0.4, -0.2) is 38.8 Å². The largest absolute Gasteiger partial charge is 0.392 e. The normalized spacial score (nSPS) is 31.8. The first-order valence-corrected chi connectivity index (χ1v) is 10.3. The molecule has 146 valence electrons. The van der Waals surface area contributed by atoms with E-state index in [2.05, 4.69) is 26.1 Å². The molecule has 26 heavy (non-hydrogen) atoms. The molecule has 0 amide bonds. The van der Waals surface area contributed by atoms with Crippen LogP contribution in [0.2, 0.25) is 0 Å². The van der Waals surface area contributed by atoms with Crippen LogP contribution in [0.25, 0.3) is 0 Å². The van der Waals surface area contributed by atoms with E-state index in [1.807, 2.05) is 18.2 Å². The predicted octanol–water partition coefficient (Wildman–Crippen LogP) is 3.88. The number of hydrogen-bond donors (Lipinski definition) is 3. The Kier molecular flexibility index (Phi) is 8.11. The van der Waals surface area contributed by atoms with E-state index in [4.69, 9.17) is 4.99 Å². The van der Waals surface area contributed by atoms with E-state index in [9.17, 15) is 15.0 Å². The highest BCUT2D eigenvalue weighted by Crippen LogP contribution is 2.50. The molecule has 0 radical (unpaired) electrons. The lowest BCUT2D eigenvalue weighted by Crippen LogP contribution is -2.26. The molecule has 1 fully saturated rings. The zero-order chi connectivity index (χ0) is 19.2. The van der Waals surface area contributed by atoms with Crippen molar-refractivity contribution in [3.05, 3.63) is 24.8 Å². The second-order valence-electron chi connectivity index (χ2n) is 7.73. The average Bonchev–Trinajstić information content (AvgIpc) is 3.05. The van der Waals surface area contributed by atoms with Crippen molar-refractivity contribution < 1.29 is 15.0 Å². The van der Waals surface area contributed by atoms with Crippen molar-refractivity contribution in [1.82, 2.24) is 0 Å². The first-order chi connectivity index (χ1) is 12.4. The van der Waals surface area contributed by atoms with Gasteiger partial charge in [0, 0.05) is 30.4 Å². The quantitative estimate of drug-likeness (QED) is 0.290. The van der Waals surface area contributed by atoms with Crippen LogP contribution in [0, 0.1) is 11.8 Å². The van der Waals surface area contributed by atoms with Gasteiger partial charge in [0.05, 0.1) is 17.7 Å². The van der Waals surface area contributed by atoms with E-state index in [1.54, 1.807) is 0 Å². The van der Waals surface area contributed by atoms with Crippen LogP contribution in [0.1, 0.15) is 64.7 Å². The van der Waals surface area contributed by atoms with Crippen LogP contribution >= 0.6 is 12.6 Å². The third kappa shape index (κ3) is 5.30. The van der Waals surface area contributed by atoms with Gasteiger partial charge in [-0.3, -0.25) is 9.79 Å². The minimum absolute atomic E-state index is 0.0124. The summed E-state index contributed by atoms with van der Waals surface area (Å²) < 4.78 is 0. The van der Waals surface area contributed by atoms with Gasteiger partial charge in [0.2, 0.25) is 0 Å². The van der Waals surface area contributed by atoms with E-state index in [1.165, 1.54) is 0 Å². The second kappa shape index (κ2) is 9.86. The van der Waals surface area contributed by atoms with E-state index in [0.29, 0.717) is 12.8 Å². The molecule has 1 aliphatic heterocycles. The number of aliphatic imine (C=N–C) groups is 1. The molecule has 1 heterocycles. The monoisotopic (exact) mass is 379 g/mol. The van der Waals surface area contributed by atoms with Gasteiger partial charge in [-0.15, -0.1) is 19.2 Å². The van der Waals surface area contributed by atoms with Gasteiger partial charge in [-0.2, -0.15) is 0 Å². The molecule has 0 saturated heterocycles. The molecule has 0 spiro atoms. The number of nitrogens with zero attached hydrogens (tertiary/aromatic N) is 1. The molecule has 5 heteroatoms. The van der Waals surface area contributed by atoms with Gasteiger partial charge in [0.1, 0.15) is 0 Å². The molecular weight excluding hydrogens is 346 g/mol. The number of unbranched alkanes of at least 4 members (excludes halogenated alkanes) is 2. The number of carbonyl (C=O) groups is 1. The molecule has 5 atom stereocenters. The molecule has 2 N–H and O–H groups in total. The van der Waals surface area contributed by atoms with Gasteiger partial charge in [-0.25, -0.2) is 0 Å². The zero-order valence-corrected chi connectivity index (χ0v) is 16.7. The zero-order valence-electron chi connectivity index (χ0n) is 15.8. The van der Waals surface area contributed by atoms with Crippen molar-refractivity contribution in [2.75, 3.05) is 0 Å². The molecule has 1 saturated carbocycles. The molecule has 4 nitrogen and oxygen atoms in total. The Balaban J connectivity index is 1.99. The molecular formula is C21H33NO3S. The molecule has 0 aromatic rings. The summed E-state index contributed by atoms with van der Waals surface area (Å²) in [5.41, 5.74) is 0.709. The highest BCUT2D eigenvalue weighted by atomic mass is 32.1. The lowest BCUT2D eigenvalue weighted by Gasteiger charge is -2.24. The van der Waals surface area contributed by atoms with Gasteiger partial charge < -0.3 is 10.2 Å². The Morgan fingerprint density at radius 2 is 2.23 bits per heavy atom. The van der Waals surface area contributed by atoms with Crippen LogP contribution in [0.4, 0.5) is 0 Å². The van der Waals surface area contributed by atoms with Crippen molar-refractivity contribution in [2.45, 2.75) is 82.5 Å². The van der Waals surface area contributed by atoms with Gasteiger partial charge >= 0.3 is 0 Å². The Bertz CT molecular complexity index is 559. The summed E-state index contributed by atoms with van der Waals surface area (Å²) in [6, 6.07) is 0. The third-order valence-electron chi connectivity index (χ3n) is 5.78. The molecule has 2 rings (SSSR count). The van der Waals surface area contributed by atoms with E-state index in [-0.39, 0.29) is 17.0 Å². The van der Waals surface area contributed by atoms with Gasteiger partial charge in [-0.1, -0.05) is 44.4 Å². The highest BCUT2D eigenvalue weighted by molar-refractivity contribution is 7.96. The van der Waals surface area contributed by atoms with Gasteiger partial charge in [-0.05, 0) is 25.7 Å². The summed E-state index contributed by atoms with van der Waals surface area (Å²) in [5, 5.41) is 20.6. The van der Waals surface area contributed by atoms with Crippen LogP contribution in [-0.2, 0) is 4.79 Å². The van der Waals surface area contributed by atoms with Crippen molar-refractivity contribution in [3.63, 3.8) is 0 Å². The summed E-state index contributed by atoms with van der Waals surface area (Å²) in [5.74, 6) is 0.178. The van der Waals surface area contributed by atoms with Crippen molar-refractivity contribution >= 4 is 23.5 Å². The minimum Gasteiger partial charge on any atom is -0.392 e. The fraction of sp³-hybridized carbons (Fsp3) is 0.714. The van der Waals surface area contributed by atoms with Crippen LogP contribution < -0.4 is 0 Å². The standard InChI is InChI=1S/C21H33NO3S/c1-3-5-6-9-16(23)11-12-17-18-13-15(8-7-10-20(25)26)22-21(18,4-2)14-19(17)24/h4,11-12,16-19,23-24H,2-3,5-10,13-14H2,1H3,(H,25,26). The number of rotatable bonds is 11. The number of carbonyl (C=O) groups excluding carboxylic acids is 1. The Labute approximate surface area is 162 Å². The number of aliphatic hydroxyl groups excluding tert-OH is 2. The number of thiol groups is 1. The molecule has 0 bridgehead atoms. The van der Waals surface area contributed by atoms with Crippen LogP contribution in [0.5, 0.6) is 0 Å². The van der Waals surface area contributed by atoms with Crippen molar-refractivity contribution in [2.24, 2.45) is 16.8 Å². The van der Waals surface area contributed by atoms with Gasteiger partial charge in [0.25, 0.3) is 0 Å². The average molecular weight is 380 g/mol. The maximum Gasteiger partial charge on any atom is 0.185 e. The summed E-state index contributed by atoms with van der Waals surface area (Å²) in [7, 11) is 0. The number of hydrogen-bond acceptors (Lipinski definition) is 4. The Morgan fingerprint density at radius 3 is 2.88 bits per heavy atom. The SMILES string of the molecule is C=CC12CC(O)C(C=CC(O)CCCCC)C1CC(CCCC(=O)S)=N2. The number of aliphatic hydroxyl groups is 2. The molecule has 1 aliphatic carbocycles. The van der Waals surface area contributed by atoms with E-state index >= 15 is 0 Å². The molecule has 5 unspecified atom stereocenters. The topological polar surface area (TPSA) is 69.9 Å². The maximum atomic E-state index is 11.0. The minimum atomic E-state index is -0.457. The van der Waals surface area contributed by atoms with E-state index < -0.39 is 17.7 Å². The maximum absolute atomic E-state index is 11.0. The first-order valence-electron chi connectivity index (χ1n) is 9.89. The third-order valence-corrected chi connectivity index (χ3v) is 6.00. The fourth-order valence-electron chi connectivity index (χ4n) is 4.36. The smallest absolute Gasteiger partial charge is 0.185 e. The van der Waals surface area contributed by atoms with Crippen molar-refractivity contribution in [1.29, 1.82) is 0 Å². The molecule has 0 aromatic heterocycles. The lowest BCUT2D eigenvalue weighted by molar-refractivity contribution is -0.110. The van der Waals surface area contributed by atoms with Crippen molar-refractivity contribution in [3.8, 4) is 0 Å². The Hall–Kier alpha value is -0.910. The highest BCUT2D eigenvalue weighted by Gasteiger charge is 2.53. The van der Waals surface area contributed by atoms with Gasteiger partial charge in [0.15, 0.2) is 5.12 Å². The summed E-state index contributed by atoms with van der Waals surface area (Å²) in [6.07, 6.45) is 12.3. The first kappa shape index (κ1) is 21.4. The van der Waals surface area contributed by atoms with E-state index in [0.717, 1.165) is 50.7 Å². The molecule has 2 aliphatic rings. The second-order valence-corrected chi connectivity index (χ2v) is 8.23. The fourth-order valence-corrected chi connectivity index (χ4v) is 4.52. The Morgan fingerprint density at radius 1 is 1.46 bits per heavy atom. The predicted molar refractivity (Wildman–Crippen MR) is 110 cm³/mol.